The van der Waals surface area contributed by atoms with Gasteiger partial charge in [-0.3, -0.25) is 9.59 Å². The number of halogens is 2. The smallest absolute Gasteiger partial charge is 0.256 e. The molecule has 0 aromatic heterocycles. The maximum atomic E-state index is 12.6. The molecule has 0 radical (unpaired) electrons. The number of benzene rings is 2. The summed E-state index contributed by atoms with van der Waals surface area (Å²) >= 11 is 9.47. The van der Waals surface area contributed by atoms with Gasteiger partial charge in [0.15, 0.2) is 0 Å². The predicted octanol–water partition coefficient (Wildman–Crippen LogP) is 3.86. The Kier molecular flexibility index (Phi) is 4.78. The van der Waals surface area contributed by atoms with Crippen molar-refractivity contribution in [3.8, 4) is 5.75 Å². The van der Waals surface area contributed by atoms with E-state index in [1.807, 2.05) is 6.07 Å². The Morgan fingerprint density at radius 3 is 2.67 bits per heavy atom. The molecule has 1 aliphatic heterocycles. The van der Waals surface area contributed by atoms with Crippen LogP contribution in [0.15, 0.2) is 46.9 Å². The van der Waals surface area contributed by atoms with E-state index >= 15 is 0 Å². The molecular formula is C17H14BrClN2O3. The third-order valence-corrected chi connectivity index (χ3v) is 4.70. The molecule has 1 aliphatic rings. The Hall–Kier alpha value is -2.05. The molecule has 0 aliphatic carbocycles. The second kappa shape index (κ2) is 6.83. The predicted molar refractivity (Wildman–Crippen MR) is 96.7 cm³/mol. The van der Waals surface area contributed by atoms with Crippen LogP contribution in [-0.2, 0) is 9.59 Å². The van der Waals surface area contributed by atoms with Gasteiger partial charge in [-0.1, -0.05) is 23.7 Å². The molecular weight excluding hydrogens is 396 g/mol. The van der Waals surface area contributed by atoms with Gasteiger partial charge in [0.1, 0.15) is 11.8 Å². The molecule has 2 aromatic carbocycles. The van der Waals surface area contributed by atoms with Gasteiger partial charge in [-0.25, -0.2) is 4.90 Å². The Morgan fingerprint density at radius 1 is 1.25 bits per heavy atom. The van der Waals surface area contributed by atoms with Crippen LogP contribution in [-0.4, -0.2) is 25.0 Å². The fraction of sp³-hybridized carbons (Fsp3) is 0.176. The van der Waals surface area contributed by atoms with E-state index in [0.717, 1.165) is 0 Å². The van der Waals surface area contributed by atoms with E-state index in [1.165, 1.54) is 12.0 Å². The number of hydrogen-bond donors (Lipinski definition) is 1. The molecule has 1 saturated heterocycles. The quantitative estimate of drug-likeness (QED) is 0.779. The minimum absolute atomic E-state index is 0.0871. The first-order valence-electron chi connectivity index (χ1n) is 7.22. The summed E-state index contributed by atoms with van der Waals surface area (Å²) in [6.07, 6.45) is 0.0871. The molecule has 2 aromatic rings. The number of rotatable bonds is 4. The number of carbonyl (C=O) groups excluding carboxylic acids is 2. The number of carbonyl (C=O) groups is 2. The van der Waals surface area contributed by atoms with Crippen LogP contribution in [0.2, 0.25) is 5.02 Å². The highest BCUT2D eigenvalue weighted by Crippen LogP contribution is 2.32. The Morgan fingerprint density at radius 2 is 2.00 bits per heavy atom. The molecule has 2 amide bonds. The Bertz CT molecular complexity index is 812. The summed E-state index contributed by atoms with van der Waals surface area (Å²) in [6.45, 7) is 0. The molecule has 7 heteroatoms. The SMILES string of the molecule is COc1ccc(N[C@H]2CC(=O)N(c3ccccc3Br)C2=O)cc1Cl. The first-order valence-corrected chi connectivity index (χ1v) is 8.39. The van der Waals surface area contributed by atoms with Crippen molar-refractivity contribution in [3.63, 3.8) is 0 Å². The van der Waals surface area contributed by atoms with Gasteiger partial charge in [0.2, 0.25) is 5.91 Å². The number of ether oxygens (including phenoxy) is 1. The first-order chi connectivity index (χ1) is 11.5. The third-order valence-electron chi connectivity index (χ3n) is 3.73. The average Bonchev–Trinajstić information content (AvgIpc) is 2.82. The highest BCUT2D eigenvalue weighted by Gasteiger charge is 2.40. The van der Waals surface area contributed by atoms with Gasteiger partial charge < -0.3 is 10.1 Å². The van der Waals surface area contributed by atoms with E-state index in [2.05, 4.69) is 21.2 Å². The molecule has 0 unspecified atom stereocenters. The second-order valence-corrected chi connectivity index (χ2v) is 6.53. The fourth-order valence-corrected chi connectivity index (χ4v) is 3.31. The van der Waals surface area contributed by atoms with Gasteiger partial charge in [-0.15, -0.1) is 0 Å². The van der Waals surface area contributed by atoms with Gasteiger partial charge in [0.05, 0.1) is 24.2 Å². The van der Waals surface area contributed by atoms with Crippen molar-refractivity contribution in [2.24, 2.45) is 0 Å². The van der Waals surface area contributed by atoms with Crippen LogP contribution in [0.1, 0.15) is 6.42 Å². The monoisotopic (exact) mass is 408 g/mol. The molecule has 1 heterocycles. The van der Waals surface area contributed by atoms with Crippen molar-refractivity contribution in [2.75, 3.05) is 17.3 Å². The van der Waals surface area contributed by atoms with Crippen LogP contribution in [0.5, 0.6) is 5.75 Å². The molecule has 1 N–H and O–H groups in total. The number of imide groups is 1. The van der Waals surface area contributed by atoms with Crippen molar-refractivity contribution < 1.29 is 14.3 Å². The summed E-state index contributed by atoms with van der Waals surface area (Å²) in [6, 6.07) is 11.6. The van der Waals surface area contributed by atoms with Crippen molar-refractivity contribution >= 4 is 50.7 Å². The first kappa shape index (κ1) is 16.8. The second-order valence-electron chi connectivity index (χ2n) is 5.27. The van der Waals surface area contributed by atoms with E-state index < -0.39 is 6.04 Å². The van der Waals surface area contributed by atoms with E-state index in [4.69, 9.17) is 16.3 Å². The zero-order valence-electron chi connectivity index (χ0n) is 12.8. The van der Waals surface area contributed by atoms with Crippen LogP contribution in [0, 0.1) is 0 Å². The van der Waals surface area contributed by atoms with Gasteiger partial charge in [-0.2, -0.15) is 0 Å². The number of amides is 2. The normalized spacial score (nSPS) is 17.3. The van der Waals surface area contributed by atoms with Gasteiger partial charge in [0, 0.05) is 10.2 Å². The highest BCUT2D eigenvalue weighted by atomic mass is 79.9. The zero-order chi connectivity index (χ0) is 17.3. The summed E-state index contributed by atoms with van der Waals surface area (Å²) < 4.78 is 5.80. The minimum atomic E-state index is -0.630. The molecule has 124 valence electrons. The van der Waals surface area contributed by atoms with Gasteiger partial charge >= 0.3 is 0 Å². The summed E-state index contributed by atoms with van der Waals surface area (Å²) in [7, 11) is 1.53. The van der Waals surface area contributed by atoms with E-state index in [0.29, 0.717) is 26.6 Å². The lowest BCUT2D eigenvalue weighted by Gasteiger charge is -2.17. The summed E-state index contributed by atoms with van der Waals surface area (Å²) in [5.41, 5.74) is 1.20. The maximum absolute atomic E-state index is 12.6. The summed E-state index contributed by atoms with van der Waals surface area (Å²) in [4.78, 5) is 26.1. The summed E-state index contributed by atoms with van der Waals surface area (Å²) in [5.74, 6) is 0.00809. The Labute approximate surface area is 152 Å². The molecule has 1 fully saturated rings. The third kappa shape index (κ3) is 3.12. The largest absolute Gasteiger partial charge is 0.495 e. The number of methoxy groups -OCH3 is 1. The molecule has 5 nitrogen and oxygen atoms in total. The van der Waals surface area contributed by atoms with Gasteiger partial charge in [0.25, 0.3) is 5.91 Å². The Balaban J connectivity index is 1.82. The molecule has 3 rings (SSSR count). The minimum Gasteiger partial charge on any atom is -0.495 e. The van der Waals surface area contributed by atoms with Crippen LogP contribution in [0.25, 0.3) is 0 Å². The lowest BCUT2D eigenvalue weighted by atomic mass is 10.2. The molecule has 0 saturated carbocycles. The molecule has 1 atom stereocenters. The van der Waals surface area contributed by atoms with Crippen LogP contribution < -0.4 is 15.0 Å². The van der Waals surface area contributed by atoms with E-state index in [9.17, 15) is 9.59 Å². The van der Waals surface area contributed by atoms with Crippen molar-refractivity contribution in [2.45, 2.75) is 12.5 Å². The maximum Gasteiger partial charge on any atom is 0.256 e. The van der Waals surface area contributed by atoms with E-state index in [1.54, 1.807) is 36.4 Å². The number of nitrogens with one attached hydrogen (secondary N) is 1. The zero-order valence-corrected chi connectivity index (χ0v) is 15.1. The van der Waals surface area contributed by atoms with Crippen LogP contribution >= 0.6 is 27.5 Å². The van der Waals surface area contributed by atoms with Crippen LogP contribution in [0.3, 0.4) is 0 Å². The fourth-order valence-electron chi connectivity index (χ4n) is 2.59. The average molecular weight is 410 g/mol. The lowest BCUT2D eigenvalue weighted by molar-refractivity contribution is -0.121. The standard InChI is InChI=1S/C17H14BrClN2O3/c1-24-15-7-6-10(8-12(15)19)20-13-9-16(22)21(17(13)23)14-5-3-2-4-11(14)18/h2-8,13,20H,9H2,1H3/t13-/m0/s1. The number of nitrogens with zero attached hydrogens (tertiary/aromatic N) is 1. The molecule has 0 spiro atoms. The van der Waals surface area contributed by atoms with Crippen molar-refractivity contribution in [3.05, 3.63) is 52.0 Å². The van der Waals surface area contributed by atoms with Crippen LogP contribution in [0.4, 0.5) is 11.4 Å². The number of para-hydroxylation sites is 1. The van der Waals surface area contributed by atoms with E-state index in [-0.39, 0.29) is 18.2 Å². The number of hydrogen-bond acceptors (Lipinski definition) is 4. The van der Waals surface area contributed by atoms with Crippen molar-refractivity contribution in [1.29, 1.82) is 0 Å². The summed E-state index contributed by atoms with van der Waals surface area (Å²) in [5, 5.41) is 3.50. The molecule has 24 heavy (non-hydrogen) atoms. The van der Waals surface area contributed by atoms with Gasteiger partial charge in [-0.05, 0) is 46.3 Å². The lowest BCUT2D eigenvalue weighted by Crippen LogP contribution is -2.35. The topological polar surface area (TPSA) is 58.6 Å². The molecule has 0 bridgehead atoms. The highest BCUT2D eigenvalue weighted by molar-refractivity contribution is 9.10. The number of anilines is 2. The van der Waals surface area contributed by atoms with Crippen molar-refractivity contribution in [1.82, 2.24) is 0 Å².